The first-order chi connectivity index (χ1) is 10.2. The lowest BCUT2D eigenvalue weighted by Gasteiger charge is -2.25. The van der Waals surface area contributed by atoms with Gasteiger partial charge in [0, 0.05) is 5.54 Å². The molecule has 1 saturated carbocycles. The van der Waals surface area contributed by atoms with Crippen LogP contribution in [-0.4, -0.2) is 5.11 Å². The molecule has 3 heteroatoms. The van der Waals surface area contributed by atoms with E-state index in [1.807, 2.05) is 42.5 Å². The van der Waals surface area contributed by atoms with Gasteiger partial charge in [-0.1, -0.05) is 49.2 Å². The summed E-state index contributed by atoms with van der Waals surface area (Å²) in [5.74, 6) is 0.671. The van der Waals surface area contributed by atoms with Crippen molar-refractivity contribution < 1.29 is 9.84 Å². The number of aromatic hydroxyl groups is 1. The Labute approximate surface area is 125 Å². The van der Waals surface area contributed by atoms with Crippen LogP contribution in [0.2, 0.25) is 0 Å². The van der Waals surface area contributed by atoms with Crippen LogP contribution in [0.5, 0.6) is 11.5 Å². The minimum atomic E-state index is -0.265. The van der Waals surface area contributed by atoms with Crippen molar-refractivity contribution in [1.29, 1.82) is 0 Å². The molecule has 1 fully saturated rings. The molecule has 3 N–H and O–H groups in total. The maximum Gasteiger partial charge on any atom is 0.161 e. The first kappa shape index (κ1) is 14.0. The Morgan fingerprint density at radius 1 is 1.05 bits per heavy atom. The Hall–Kier alpha value is -2.00. The van der Waals surface area contributed by atoms with Crippen molar-refractivity contribution in [1.82, 2.24) is 0 Å². The topological polar surface area (TPSA) is 55.5 Å². The molecule has 0 amide bonds. The first-order valence-electron chi connectivity index (χ1n) is 7.46. The number of nitrogens with two attached hydrogens (primary N) is 1. The molecule has 1 aliphatic carbocycles. The Kier molecular flexibility index (Phi) is 3.84. The van der Waals surface area contributed by atoms with Gasteiger partial charge < -0.3 is 15.6 Å². The fraction of sp³-hybridized carbons (Fsp3) is 0.333. The average molecular weight is 283 g/mol. The lowest BCUT2D eigenvalue weighted by Crippen LogP contribution is -2.32. The SMILES string of the molecule is NC1(c2ccc(O)c(OCc3ccccc3)c2)CCCC1. The van der Waals surface area contributed by atoms with Gasteiger partial charge in [-0.3, -0.25) is 0 Å². The molecule has 1 aliphatic rings. The maximum absolute atomic E-state index is 9.97. The Morgan fingerprint density at radius 2 is 1.76 bits per heavy atom. The van der Waals surface area contributed by atoms with Crippen LogP contribution in [0.1, 0.15) is 36.8 Å². The minimum Gasteiger partial charge on any atom is -0.504 e. The molecule has 0 aromatic heterocycles. The highest BCUT2D eigenvalue weighted by Gasteiger charge is 2.31. The third kappa shape index (κ3) is 3.03. The van der Waals surface area contributed by atoms with Gasteiger partial charge >= 0.3 is 0 Å². The van der Waals surface area contributed by atoms with Gasteiger partial charge in [-0.15, -0.1) is 0 Å². The summed E-state index contributed by atoms with van der Waals surface area (Å²) in [4.78, 5) is 0. The highest BCUT2D eigenvalue weighted by molar-refractivity contribution is 5.44. The van der Waals surface area contributed by atoms with E-state index in [-0.39, 0.29) is 11.3 Å². The molecular weight excluding hydrogens is 262 g/mol. The van der Waals surface area contributed by atoms with E-state index in [2.05, 4.69) is 0 Å². The number of phenols is 1. The summed E-state index contributed by atoms with van der Waals surface area (Å²) < 4.78 is 5.76. The molecule has 0 bridgehead atoms. The number of phenolic OH excluding ortho intramolecular Hbond substituents is 1. The van der Waals surface area contributed by atoms with Crippen molar-refractivity contribution in [3.63, 3.8) is 0 Å². The van der Waals surface area contributed by atoms with Crippen LogP contribution in [-0.2, 0) is 12.1 Å². The standard InChI is InChI=1S/C18H21NO2/c19-18(10-4-5-11-18)15-8-9-16(20)17(12-15)21-13-14-6-2-1-3-7-14/h1-3,6-9,12,20H,4-5,10-11,13,19H2. The Bertz CT molecular complexity index is 604. The summed E-state index contributed by atoms with van der Waals surface area (Å²) in [5, 5.41) is 9.97. The van der Waals surface area contributed by atoms with E-state index < -0.39 is 0 Å². The second kappa shape index (κ2) is 5.78. The third-order valence-electron chi connectivity index (χ3n) is 4.27. The number of ether oxygens (including phenoxy) is 1. The van der Waals surface area contributed by atoms with Gasteiger partial charge in [0.2, 0.25) is 0 Å². The van der Waals surface area contributed by atoms with Crippen molar-refractivity contribution >= 4 is 0 Å². The van der Waals surface area contributed by atoms with Gasteiger partial charge in [-0.05, 0) is 36.1 Å². The maximum atomic E-state index is 9.97. The summed E-state index contributed by atoms with van der Waals surface area (Å²) in [7, 11) is 0. The zero-order valence-electron chi connectivity index (χ0n) is 12.1. The third-order valence-corrected chi connectivity index (χ3v) is 4.27. The molecule has 3 rings (SSSR count). The number of hydrogen-bond donors (Lipinski definition) is 2. The molecule has 110 valence electrons. The number of hydrogen-bond acceptors (Lipinski definition) is 3. The van der Waals surface area contributed by atoms with Gasteiger partial charge in [0.25, 0.3) is 0 Å². The van der Waals surface area contributed by atoms with E-state index in [9.17, 15) is 5.11 Å². The molecule has 0 atom stereocenters. The fourth-order valence-corrected chi connectivity index (χ4v) is 2.97. The molecule has 3 nitrogen and oxygen atoms in total. The molecule has 0 spiro atoms. The van der Waals surface area contributed by atoms with Crippen molar-refractivity contribution in [2.24, 2.45) is 5.73 Å². The highest BCUT2D eigenvalue weighted by Crippen LogP contribution is 2.39. The molecule has 0 aliphatic heterocycles. The normalized spacial score (nSPS) is 16.8. The summed E-state index contributed by atoms with van der Waals surface area (Å²) in [6.45, 7) is 0.440. The van der Waals surface area contributed by atoms with E-state index in [4.69, 9.17) is 10.5 Å². The van der Waals surface area contributed by atoms with Gasteiger partial charge in [-0.2, -0.15) is 0 Å². The van der Waals surface area contributed by atoms with Crippen molar-refractivity contribution in [2.45, 2.75) is 37.8 Å². The summed E-state index contributed by atoms with van der Waals surface area (Å²) in [6.07, 6.45) is 4.32. The lowest BCUT2D eigenvalue weighted by atomic mass is 9.89. The minimum absolute atomic E-state index is 0.163. The molecule has 0 saturated heterocycles. The van der Waals surface area contributed by atoms with Gasteiger partial charge in [-0.25, -0.2) is 0 Å². The number of rotatable bonds is 4. The van der Waals surface area contributed by atoms with Gasteiger partial charge in [0.05, 0.1) is 0 Å². The molecular formula is C18H21NO2. The summed E-state index contributed by atoms with van der Waals surface area (Å²) in [5.41, 5.74) is 8.34. The molecule has 2 aromatic carbocycles. The van der Waals surface area contributed by atoms with Gasteiger partial charge in [0.1, 0.15) is 6.61 Å². The van der Waals surface area contributed by atoms with Crippen LogP contribution in [0.3, 0.4) is 0 Å². The second-order valence-electron chi connectivity index (χ2n) is 5.82. The zero-order chi connectivity index (χ0) is 14.7. The van der Waals surface area contributed by atoms with Crippen LogP contribution < -0.4 is 10.5 Å². The first-order valence-corrected chi connectivity index (χ1v) is 7.46. The van der Waals surface area contributed by atoms with Crippen molar-refractivity contribution in [3.8, 4) is 11.5 Å². The van der Waals surface area contributed by atoms with Crippen LogP contribution >= 0.6 is 0 Å². The molecule has 21 heavy (non-hydrogen) atoms. The van der Waals surface area contributed by atoms with Crippen LogP contribution in [0.4, 0.5) is 0 Å². The van der Waals surface area contributed by atoms with Gasteiger partial charge in [0.15, 0.2) is 11.5 Å². The van der Waals surface area contributed by atoms with E-state index in [1.165, 1.54) is 0 Å². The molecule has 2 aromatic rings. The Morgan fingerprint density at radius 3 is 2.48 bits per heavy atom. The van der Waals surface area contributed by atoms with Crippen molar-refractivity contribution in [2.75, 3.05) is 0 Å². The monoisotopic (exact) mass is 283 g/mol. The number of benzene rings is 2. The zero-order valence-corrected chi connectivity index (χ0v) is 12.1. The molecule has 0 unspecified atom stereocenters. The second-order valence-corrected chi connectivity index (χ2v) is 5.82. The molecule has 0 heterocycles. The predicted molar refractivity (Wildman–Crippen MR) is 83.2 cm³/mol. The lowest BCUT2D eigenvalue weighted by molar-refractivity contribution is 0.287. The quantitative estimate of drug-likeness (QED) is 0.899. The van der Waals surface area contributed by atoms with E-state index in [0.717, 1.165) is 36.8 Å². The fourth-order valence-electron chi connectivity index (χ4n) is 2.97. The predicted octanol–water partition coefficient (Wildman–Crippen LogP) is 3.70. The average Bonchev–Trinajstić information content (AvgIpc) is 2.95. The largest absolute Gasteiger partial charge is 0.504 e. The van der Waals surface area contributed by atoms with Crippen LogP contribution in [0.15, 0.2) is 48.5 Å². The van der Waals surface area contributed by atoms with E-state index >= 15 is 0 Å². The smallest absolute Gasteiger partial charge is 0.161 e. The van der Waals surface area contributed by atoms with Crippen LogP contribution in [0, 0.1) is 0 Å². The molecule has 0 radical (unpaired) electrons. The Balaban J connectivity index is 1.78. The van der Waals surface area contributed by atoms with Crippen molar-refractivity contribution in [3.05, 3.63) is 59.7 Å². The van der Waals surface area contributed by atoms with Crippen LogP contribution in [0.25, 0.3) is 0 Å². The summed E-state index contributed by atoms with van der Waals surface area (Å²) in [6, 6.07) is 15.4. The van der Waals surface area contributed by atoms with E-state index in [0.29, 0.717) is 12.4 Å². The summed E-state index contributed by atoms with van der Waals surface area (Å²) >= 11 is 0. The van der Waals surface area contributed by atoms with E-state index in [1.54, 1.807) is 6.07 Å². The highest BCUT2D eigenvalue weighted by atomic mass is 16.5.